The fourth-order valence-corrected chi connectivity index (χ4v) is 2.23. The summed E-state index contributed by atoms with van der Waals surface area (Å²) in [5.74, 6) is 1.04. The quantitative estimate of drug-likeness (QED) is 0.275. The number of para-hydroxylation sites is 2. The maximum atomic E-state index is 8.70. The molecular formula is C14H20N4O. The van der Waals surface area contributed by atoms with Crippen LogP contribution in [0.5, 0.6) is 0 Å². The molecule has 3 N–H and O–H groups in total. The summed E-state index contributed by atoms with van der Waals surface area (Å²) in [5, 5.41) is 11.7. The van der Waals surface area contributed by atoms with Crippen molar-refractivity contribution >= 4 is 16.9 Å². The summed E-state index contributed by atoms with van der Waals surface area (Å²) in [6, 6.07) is 8.03. The van der Waals surface area contributed by atoms with E-state index in [0.29, 0.717) is 6.42 Å². The van der Waals surface area contributed by atoms with Gasteiger partial charge in [-0.3, -0.25) is 0 Å². The third kappa shape index (κ3) is 3.05. The van der Waals surface area contributed by atoms with Gasteiger partial charge in [-0.15, -0.1) is 0 Å². The number of fused-ring (bicyclic) bond motifs is 1. The van der Waals surface area contributed by atoms with Gasteiger partial charge in [0, 0.05) is 6.54 Å². The zero-order chi connectivity index (χ0) is 13.7. The molecule has 2 rings (SSSR count). The molecule has 0 atom stereocenters. The van der Waals surface area contributed by atoms with E-state index in [1.54, 1.807) is 0 Å². The van der Waals surface area contributed by atoms with Crippen molar-refractivity contribution in [1.82, 2.24) is 9.55 Å². The van der Waals surface area contributed by atoms with Gasteiger partial charge in [0.2, 0.25) is 0 Å². The Morgan fingerprint density at radius 3 is 2.89 bits per heavy atom. The fraction of sp³-hybridized carbons (Fsp3) is 0.429. The van der Waals surface area contributed by atoms with Gasteiger partial charge < -0.3 is 15.5 Å². The molecule has 5 heteroatoms. The van der Waals surface area contributed by atoms with Gasteiger partial charge in [-0.1, -0.05) is 37.1 Å². The lowest BCUT2D eigenvalue weighted by Crippen LogP contribution is -2.18. The zero-order valence-corrected chi connectivity index (χ0v) is 11.2. The first-order valence-electron chi connectivity index (χ1n) is 6.66. The molecule has 0 unspecified atom stereocenters. The van der Waals surface area contributed by atoms with E-state index in [1.807, 2.05) is 18.2 Å². The molecule has 0 saturated carbocycles. The number of hydrogen-bond donors (Lipinski definition) is 2. The summed E-state index contributed by atoms with van der Waals surface area (Å²) in [6.07, 6.45) is 3.86. The Hall–Kier alpha value is -2.04. The summed E-state index contributed by atoms with van der Waals surface area (Å²) < 4.78 is 2.17. The van der Waals surface area contributed by atoms with E-state index in [-0.39, 0.29) is 5.84 Å². The summed E-state index contributed by atoms with van der Waals surface area (Å²) in [4.78, 5) is 4.57. The summed E-state index contributed by atoms with van der Waals surface area (Å²) >= 11 is 0. The van der Waals surface area contributed by atoms with Gasteiger partial charge in [-0.25, -0.2) is 4.98 Å². The number of hydrogen-bond acceptors (Lipinski definition) is 3. The summed E-state index contributed by atoms with van der Waals surface area (Å²) in [5.41, 5.74) is 7.67. The van der Waals surface area contributed by atoms with Crippen LogP contribution in [0.4, 0.5) is 0 Å². The molecule has 0 amide bonds. The standard InChI is InChI=1S/C14H20N4O/c1-2-3-6-9-18-12-8-5-4-7-11(12)16-14(18)10-13(15)17-19/h4-5,7-8,19H,2-3,6,9-10H2,1H3,(H2,15,17). The minimum Gasteiger partial charge on any atom is -0.409 e. The molecule has 0 aliphatic carbocycles. The van der Waals surface area contributed by atoms with Crippen molar-refractivity contribution in [2.24, 2.45) is 10.9 Å². The molecule has 0 spiro atoms. The number of imidazole rings is 1. The van der Waals surface area contributed by atoms with Gasteiger partial charge in [-0.2, -0.15) is 0 Å². The first kappa shape index (κ1) is 13.4. The van der Waals surface area contributed by atoms with Crippen molar-refractivity contribution in [2.45, 2.75) is 39.2 Å². The number of rotatable bonds is 6. The van der Waals surface area contributed by atoms with Gasteiger partial charge in [0.25, 0.3) is 0 Å². The molecule has 0 radical (unpaired) electrons. The lowest BCUT2D eigenvalue weighted by Gasteiger charge is -2.08. The molecule has 19 heavy (non-hydrogen) atoms. The molecular weight excluding hydrogens is 240 g/mol. The summed E-state index contributed by atoms with van der Waals surface area (Å²) in [7, 11) is 0. The minimum atomic E-state index is 0.187. The maximum absolute atomic E-state index is 8.70. The molecule has 0 aliphatic rings. The highest BCUT2D eigenvalue weighted by Crippen LogP contribution is 2.17. The molecule has 1 aromatic heterocycles. The topological polar surface area (TPSA) is 76.4 Å². The van der Waals surface area contributed by atoms with Gasteiger partial charge in [0.05, 0.1) is 17.5 Å². The predicted octanol–water partition coefficient (Wildman–Crippen LogP) is 2.52. The van der Waals surface area contributed by atoms with Crippen molar-refractivity contribution in [2.75, 3.05) is 0 Å². The lowest BCUT2D eigenvalue weighted by molar-refractivity contribution is 0.317. The van der Waals surface area contributed by atoms with Crippen molar-refractivity contribution in [3.8, 4) is 0 Å². The number of nitrogens with two attached hydrogens (primary N) is 1. The van der Waals surface area contributed by atoms with Crippen LogP contribution in [0.25, 0.3) is 11.0 Å². The van der Waals surface area contributed by atoms with Crippen LogP contribution in [0, 0.1) is 0 Å². The van der Waals surface area contributed by atoms with Gasteiger partial charge in [0.15, 0.2) is 0 Å². The number of aryl methyl sites for hydroxylation is 1. The highest BCUT2D eigenvalue weighted by Gasteiger charge is 2.11. The Morgan fingerprint density at radius 1 is 1.37 bits per heavy atom. The first-order valence-corrected chi connectivity index (χ1v) is 6.66. The number of nitrogens with zero attached hydrogens (tertiary/aromatic N) is 3. The normalized spacial score (nSPS) is 12.2. The van der Waals surface area contributed by atoms with Crippen LogP contribution < -0.4 is 5.73 Å². The van der Waals surface area contributed by atoms with Crippen molar-refractivity contribution in [3.05, 3.63) is 30.1 Å². The van der Waals surface area contributed by atoms with E-state index in [4.69, 9.17) is 10.9 Å². The maximum Gasteiger partial charge on any atom is 0.146 e. The molecule has 0 aliphatic heterocycles. The van der Waals surface area contributed by atoms with Crippen LogP contribution >= 0.6 is 0 Å². The third-order valence-corrected chi connectivity index (χ3v) is 3.19. The largest absolute Gasteiger partial charge is 0.409 e. The van der Waals surface area contributed by atoms with Crippen LogP contribution in [0.3, 0.4) is 0 Å². The van der Waals surface area contributed by atoms with Crippen LogP contribution in [0.15, 0.2) is 29.4 Å². The average molecular weight is 260 g/mol. The van der Waals surface area contributed by atoms with Crippen LogP contribution in [0.1, 0.15) is 32.0 Å². The van der Waals surface area contributed by atoms with E-state index in [0.717, 1.165) is 29.8 Å². The van der Waals surface area contributed by atoms with Gasteiger partial charge >= 0.3 is 0 Å². The second-order valence-corrected chi connectivity index (χ2v) is 4.64. The van der Waals surface area contributed by atoms with Crippen molar-refractivity contribution < 1.29 is 5.21 Å². The molecule has 1 aromatic carbocycles. The van der Waals surface area contributed by atoms with E-state index < -0.39 is 0 Å². The Kier molecular flexibility index (Phi) is 4.39. The van der Waals surface area contributed by atoms with E-state index in [2.05, 4.69) is 27.7 Å². The molecule has 0 saturated heterocycles. The van der Waals surface area contributed by atoms with Crippen LogP contribution in [0.2, 0.25) is 0 Å². The number of benzene rings is 1. The predicted molar refractivity (Wildman–Crippen MR) is 76.4 cm³/mol. The van der Waals surface area contributed by atoms with E-state index >= 15 is 0 Å². The SMILES string of the molecule is CCCCCn1c(CC(N)=NO)nc2ccccc21. The van der Waals surface area contributed by atoms with Gasteiger partial charge in [-0.05, 0) is 18.6 Å². The number of amidine groups is 1. The third-order valence-electron chi connectivity index (χ3n) is 3.19. The molecule has 5 nitrogen and oxygen atoms in total. The second-order valence-electron chi connectivity index (χ2n) is 4.64. The molecule has 0 bridgehead atoms. The Balaban J connectivity index is 2.34. The fourth-order valence-electron chi connectivity index (χ4n) is 2.23. The number of unbranched alkanes of at least 4 members (excludes halogenated alkanes) is 2. The highest BCUT2D eigenvalue weighted by atomic mass is 16.4. The molecule has 1 heterocycles. The number of oxime groups is 1. The van der Waals surface area contributed by atoms with Crippen molar-refractivity contribution in [1.29, 1.82) is 0 Å². The van der Waals surface area contributed by atoms with Gasteiger partial charge in [0.1, 0.15) is 11.7 Å². The second kappa shape index (κ2) is 6.22. The van der Waals surface area contributed by atoms with Crippen LogP contribution in [-0.4, -0.2) is 20.6 Å². The van der Waals surface area contributed by atoms with Crippen molar-refractivity contribution in [3.63, 3.8) is 0 Å². The molecule has 2 aromatic rings. The van der Waals surface area contributed by atoms with Crippen LogP contribution in [-0.2, 0) is 13.0 Å². The van der Waals surface area contributed by atoms with E-state index in [1.165, 1.54) is 12.8 Å². The smallest absolute Gasteiger partial charge is 0.146 e. The average Bonchev–Trinajstić information content (AvgIpc) is 2.77. The summed E-state index contributed by atoms with van der Waals surface area (Å²) in [6.45, 7) is 3.10. The zero-order valence-electron chi connectivity index (χ0n) is 11.2. The molecule has 0 fully saturated rings. The monoisotopic (exact) mass is 260 g/mol. The lowest BCUT2D eigenvalue weighted by atomic mass is 10.2. The Morgan fingerprint density at radius 2 is 2.16 bits per heavy atom. The first-order chi connectivity index (χ1) is 9.26. The highest BCUT2D eigenvalue weighted by molar-refractivity contribution is 5.83. The van der Waals surface area contributed by atoms with E-state index in [9.17, 15) is 0 Å². The minimum absolute atomic E-state index is 0.187. The number of aromatic nitrogens is 2. The Bertz CT molecular complexity index is 574. The molecule has 102 valence electrons. The Labute approximate surface area is 112 Å².